The molecule has 0 aliphatic carbocycles. The summed E-state index contributed by atoms with van der Waals surface area (Å²) in [5, 5.41) is 0.492. The Morgan fingerprint density at radius 1 is 0.963 bits per heavy atom. The lowest BCUT2D eigenvalue weighted by molar-refractivity contribution is -0.137. The fraction of sp³-hybridized carbons (Fsp3) is 0.250. The molecule has 3 rings (SSSR count). The molecular formula is C20H16ClF3O2S. The first-order chi connectivity index (χ1) is 12.4. The standard InChI is InChI=1S/C20H16ClF3O2S/c1-19(2,3)27-13-6-4-11-8-15(18(25)26-17(11)10-13)14-7-5-12(21)9-16(14)20(22,23)24/h4-10H,1-3H3. The Hall–Kier alpha value is -1.92. The molecule has 0 aliphatic rings. The SMILES string of the molecule is CC(C)(C)Sc1ccc2cc(-c3ccc(Cl)cc3C(F)(F)F)c(=O)oc2c1. The number of fused-ring (bicyclic) bond motifs is 1. The second kappa shape index (κ2) is 6.91. The van der Waals surface area contributed by atoms with Crippen molar-refractivity contribution in [2.24, 2.45) is 0 Å². The molecule has 0 fully saturated rings. The highest BCUT2D eigenvalue weighted by atomic mass is 35.5. The normalized spacial score (nSPS) is 12.6. The quantitative estimate of drug-likeness (QED) is 0.334. The third-order valence-corrected chi connectivity index (χ3v) is 5.05. The van der Waals surface area contributed by atoms with Gasteiger partial charge in [0.15, 0.2) is 0 Å². The first-order valence-corrected chi connectivity index (χ1v) is 9.27. The molecule has 1 heterocycles. The minimum Gasteiger partial charge on any atom is -0.422 e. The summed E-state index contributed by atoms with van der Waals surface area (Å²) in [4.78, 5) is 13.3. The van der Waals surface area contributed by atoms with Crippen LogP contribution in [0.5, 0.6) is 0 Å². The Balaban J connectivity index is 2.16. The van der Waals surface area contributed by atoms with Gasteiger partial charge in [0, 0.05) is 25.6 Å². The number of hydrogen-bond acceptors (Lipinski definition) is 3. The zero-order chi connectivity index (χ0) is 20.0. The molecule has 0 aliphatic heterocycles. The van der Waals surface area contributed by atoms with Crippen LogP contribution < -0.4 is 5.63 Å². The Morgan fingerprint density at radius 2 is 1.67 bits per heavy atom. The van der Waals surface area contributed by atoms with Crippen molar-refractivity contribution in [1.82, 2.24) is 0 Å². The van der Waals surface area contributed by atoms with Gasteiger partial charge in [-0.3, -0.25) is 0 Å². The van der Waals surface area contributed by atoms with Gasteiger partial charge in [0.25, 0.3) is 0 Å². The maximum atomic E-state index is 13.4. The van der Waals surface area contributed by atoms with Crippen LogP contribution in [0.1, 0.15) is 26.3 Å². The average molecular weight is 413 g/mol. The van der Waals surface area contributed by atoms with E-state index in [2.05, 4.69) is 20.8 Å². The molecule has 7 heteroatoms. The van der Waals surface area contributed by atoms with Gasteiger partial charge in [-0.25, -0.2) is 4.79 Å². The van der Waals surface area contributed by atoms with Crippen LogP contribution in [0.2, 0.25) is 5.02 Å². The molecule has 2 aromatic carbocycles. The fourth-order valence-corrected chi connectivity index (χ4v) is 3.86. The van der Waals surface area contributed by atoms with Gasteiger partial charge < -0.3 is 4.42 Å². The van der Waals surface area contributed by atoms with Crippen LogP contribution in [0.15, 0.2) is 56.6 Å². The average Bonchev–Trinajstić information content (AvgIpc) is 2.52. The Bertz CT molecular complexity index is 1070. The van der Waals surface area contributed by atoms with Gasteiger partial charge in [-0.1, -0.05) is 44.5 Å². The van der Waals surface area contributed by atoms with Crippen LogP contribution in [0.25, 0.3) is 22.1 Å². The van der Waals surface area contributed by atoms with Crippen LogP contribution >= 0.6 is 23.4 Å². The van der Waals surface area contributed by atoms with Gasteiger partial charge in [-0.2, -0.15) is 13.2 Å². The van der Waals surface area contributed by atoms with E-state index in [-0.39, 0.29) is 20.9 Å². The molecule has 2 nitrogen and oxygen atoms in total. The third kappa shape index (κ3) is 4.50. The maximum Gasteiger partial charge on any atom is 0.417 e. The number of alkyl halides is 3. The van der Waals surface area contributed by atoms with Crippen molar-refractivity contribution >= 4 is 34.3 Å². The predicted octanol–water partition coefficient (Wildman–Crippen LogP) is 7.02. The molecule has 0 saturated heterocycles. The molecule has 142 valence electrons. The monoisotopic (exact) mass is 412 g/mol. The molecule has 0 radical (unpaired) electrons. The predicted molar refractivity (Wildman–Crippen MR) is 104 cm³/mol. The van der Waals surface area contributed by atoms with Crippen molar-refractivity contribution in [2.45, 2.75) is 36.6 Å². The van der Waals surface area contributed by atoms with E-state index in [1.54, 1.807) is 23.9 Å². The number of hydrogen-bond donors (Lipinski definition) is 0. The summed E-state index contributed by atoms with van der Waals surface area (Å²) in [6, 6.07) is 10.1. The lowest BCUT2D eigenvalue weighted by Gasteiger charge is -2.17. The summed E-state index contributed by atoms with van der Waals surface area (Å²) in [7, 11) is 0. The highest BCUT2D eigenvalue weighted by Gasteiger charge is 2.34. The Labute approximate surface area is 163 Å². The topological polar surface area (TPSA) is 30.2 Å². The summed E-state index contributed by atoms with van der Waals surface area (Å²) >= 11 is 7.32. The molecule has 0 amide bonds. The number of rotatable bonds is 2. The molecule has 0 atom stereocenters. The van der Waals surface area contributed by atoms with Crippen molar-refractivity contribution in [3.05, 3.63) is 63.5 Å². The van der Waals surface area contributed by atoms with E-state index < -0.39 is 17.4 Å². The van der Waals surface area contributed by atoms with Gasteiger partial charge >= 0.3 is 11.8 Å². The summed E-state index contributed by atoms with van der Waals surface area (Å²) in [5.74, 6) is 0. The second-order valence-corrected chi connectivity index (χ2v) is 9.39. The van der Waals surface area contributed by atoms with Crippen LogP contribution in [0.3, 0.4) is 0 Å². The molecular weight excluding hydrogens is 397 g/mol. The van der Waals surface area contributed by atoms with Crippen molar-refractivity contribution in [3.63, 3.8) is 0 Å². The number of benzene rings is 2. The van der Waals surface area contributed by atoms with Crippen LogP contribution in [-0.2, 0) is 6.18 Å². The largest absolute Gasteiger partial charge is 0.422 e. The third-order valence-electron chi connectivity index (χ3n) is 3.71. The van der Waals surface area contributed by atoms with Crippen molar-refractivity contribution in [2.75, 3.05) is 0 Å². The zero-order valence-electron chi connectivity index (χ0n) is 14.8. The summed E-state index contributed by atoms with van der Waals surface area (Å²) in [6.07, 6.45) is -4.64. The molecule has 0 unspecified atom stereocenters. The Morgan fingerprint density at radius 3 is 2.30 bits per heavy atom. The van der Waals surface area contributed by atoms with Gasteiger partial charge in [0.05, 0.1) is 11.1 Å². The van der Waals surface area contributed by atoms with E-state index in [1.165, 1.54) is 18.2 Å². The Kier molecular flexibility index (Phi) is 5.08. The first-order valence-electron chi connectivity index (χ1n) is 8.08. The summed E-state index contributed by atoms with van der Waals surface area (Å²) in [5.41, 5.74) is -1.87. The van der Waals surface area contributed by atoms with Gasteiger partial charge in [0.1, 0.15) is 5.58 Å². The first kappa shape index (κ1) is 19.8. The van der Waals surface area contributed by atoms with E-state index in [0.717, 1.165) is 11.0 Å². The van der Waals surface area contributed by atoms with Crippen LogP contribution in [-0.4, -0.2) is 4.75 Å². The van der Waals surface area contributed by atoms with E-state index in [0.29, 0.717) is 11.0 Å². The molecule has 0 N–H and O–H groups in total. The van der Waals surface area contributed by atoms with Gasteiger partial charge in [-0.05, 0) is 30.3 Å². The van der Waals surface area contributed by atoms with Gasteiger partial charge in [-0.15, -0.1) is 11.8 Å². The highest BCUT2D eigenvalue weighted by Crippen LogP contribution is 2.39. The highest BCUT2D eigenvalue weighted by molar-refractivity contribution is 8.00. The molecule has 1 aromatic heterocycles. The zero-order valence-corrected chi connectivity index (χ0v) is 16.4. The van der Waals surface area contributed by atoms with E-state index >= 15 is 0 Å². The lowest BCUT2D eigenvalue weighted by atomic mass is 10.00. The van der Waals surface area contributed by atoms with E-state index in [1.807, 2.05) is 6.07 Å². The van der Waals surface area contributed by atoms with E-state index in [9.17, 15) is 18.0 Å². The minimum absolute atomic E-state index is 0.0289. The van der Waals surface area contributed by atoms with Crippen molar-refractivity contribution < 1.29 is 17.6 Å². The molecule has 0 saturated carbocycles. The molecule has 0 spiro atoms. The summed E-state index contributed by atoms with van der Waals surface area (Å²) < 4.78 is 45.4. The fourth-order valence-electron chi connectivity index (χ4n) is 2.68. The van der Waals surface area contributed by atoms with Crippen LogP contribution in [0.4, 0.5) is 13.2 Å². The minimum atomic E-state index is -4.64. The van der Waals surface area contributed by atoms with Gasteiger partial charge in [0.2, 0.25) is 0 Å². The summed E-state index contributed by atoms with van der Waals surface area (Å²) in [6.45, 7) is 6.17. The van der Waals surface area contributed by atoms with Crippen LogP contribution in [0, 0.1) is 0 Å². The van der Waals surface area contributed by atoms with Crippen molar-refractivity contribution in [1.29, 1.82) is 0 Å². The molecule has 0 bridgehead atoms. The number of thioether (sulfide) groups is 1. The van der Waals surface area contributed by atoms with E-state index in [4.69, 9.17) is 16.0 Å². The number of halogens is 4. The second-order valence-electron chi connectivity index (χ2n) is 7.05. The molecule has 27 heavy (non-hydrogen) atoms. The molecule has 3 aromatic rings. The lowest BCUT2D eigenvalue weighted by Crippen LogP contribution is -2.11. The smallest absolute Gasteiger partial charge is 0.417 e. The van der Waals surface area contributed by atoms with Crippen molar-refractivity contribution in [3.8, 4) is 11.1 Å². The maximum absolute atomic E-state index is 13.4.